The zero-order chi connectivity index (χ0) is 28.0. The SMILES string of the molecule is COc1cc(C)c(S(=O)(=O)N(C)CCC(=O)Cc2nnc(N3CCC(CCN(C)C)CC3)cc2C)c(C)c1. The quantitative estimate of drug-likeness (QED) is 0.401. The Morgan fingerprint density at radius 3 is 2.18 bits per heavy atom. The Hall–Kier alpha value is -2.56. The van der Waals surface area contributed by atoms with E-state index in [2.05, 4.69) is 34.1 Å². The Bertz CT molecular complexity index is 1200. The van der Waals surface area contributed by atoms with Crippen LogP contribution >= 0.6 is 0 Å². The third-order valence-corrected chi connectivity index (χ3v) is 9.57. The average Bonchev–Trinajstić information content (AvgIpc) is 2.86. The molecule has 38 heavy (non-hydrogen) atoms. The summed E-state index contributed by atoms with van der Waals surface area (Å²) in [5.74, 6) is 2.16. The lowest BCUT2D eigenvalue weighted by Gasteiger charge is -2.33. The van der Waals surface area contributed by atoms with Crippen LogP contribution < -0.4 is 9.64 Å². The van der Waals surface area contributed by atoms with Crippen molar-refractivity contribution in [2.45, 2.75) is 57.8 Å². The van der Waals surface area contributed by atoms with Crippen LogP contribution in [-0.2, 0) is 21.2 Å². The highest BCUT2D eigenvalue weighted by atomic mass is 32.2. The molecular weight excluding hydrogens is 502 g/mol. The van der Waals surface area contributed by atoms with Crippen molar-refractivity contribution in [2.75, 3.05) is 59.3 Å². The van der Waals surface area contributed by atoms with Crippen molar-refractivity contribution < 1.29 is 17.9 Å². The van der Waals surface area contributed by atoms with Crippen LogP contribution in [0.25, 0.3) is 0 Å². The number of sulfonamides is 1. The number of hydrogen-bond acceptors (Lipinski definition) is 8. The average molecular weight is 546 g/mol. The zero-order valence-electron chi connectivity index (χ0n) is 24.0. The molecule has 10 heteroatoms. The van der Waals surface area contributed by atoms with Gasteiger partial charge in [-0.25, -0.2) is 12.7 Å². The number of ketones is 1. The molecule has 0 bridgehead atoms. The number of benzene rings is 1. The summed E-state index contributed by atoms with van der Waals surface area (Å²) in [4.78, 5) is 17.5. The van der Waals surface area contributed by atoms with E-state index in [4.69, 9.17) is 4.74 Å². The van der Waals surface area contributed by atoms with E-state index >= 15 is 0 Å². The first-order chi connectivity index (χ1) is 17.9. The Labute approximate surface area is 228 Å². The van der Waals surface area contributed by atoms with E-state index in [1.54, 1.807) is 33.1 Å². The number of hydrogen-bond donors (Lipinski definition) is 0. The zero-order valence-corrected chi connectivity index (χ0v) is 24.8. The Kier molecular flexibility index (Phi) is 10.3. The van der Waals surface area contributed by atoms with Gasteiger partial charge in [0.05, 0.1) is 24.1 Å². The first-order valence-corrected chi connectivity index (χ1v) is 14.7. The summed E-state index contributed by atoms with van der Waals surface area (Å²) in [6.07, 6.45) is 3.78. The van der Waals surface area contributed by atoms with Crippen LogP contribution in [0.5, 0.6) is 5.75 Å². The molecule has 0 atom stereocenters. The van der Waals surface area contributed by atoms with Gasteiger partial charge in [-0.2, -0.15) is 5.10 Å². The Morgan fingerprint density at radius 2 is 1.63 bits per heavy atom. The summed E-state index contributed by atoms with van der Waals surface area (Å²) in [6.45, 7) is 8.61. The highest BCUT2D eigenvalue weighted by molar-refractivity contribution is 7.89. The largest absolute Gasteiger partial charge is 0.497 e. The van der Waals surface area contributed by atoms with Crippen LogP contribution in [0, 0.1) is 26.7 Å². The third kappa shape index (κ3) is 7.51. The summed E-state index contributed by atoms with van der Waals surface area (Å²) in [6, 6.07) is 5.43. The molecule has 0 saturated carbocycles. The fraction of sp³-hybridized carbons (Fsp3) is 0.607. The summed E-state index contributed by atoms with van der Waals surface area (Å²) in [5.41, 5.74) is 2.81. The molecule has 0 spiro atoms. The van der Waals surface area contributed by atoms with Gasteiger partial charge in [0.25, 0.3) is 0 Å². The number of methoxy groups -OCH3 is 1. The lowest BCUT2D eigenvalue weighted by molar-refractivity contribution is -0.118. The van der Waals surface area contributed by atoms with Gasteiger partial charge in [0.1, 0.15) is 11.5 Å². The van der Waals surface area contributed by atoms with Crippen LogP contribution in [0.4, 0.5) is 5.82 Å². The van der Waals surface area contributed by atoms with Gasteiger partial charge >= 0.3 is 0 Å². The Morgan fingerprint density at radius 1 is 1.00 bits per heavy atom. The molecule has 2 aromatic rings. The van der Waals surface area contributed by atoms with Crippen molar-refractivity contribution in [1.82, 2.24) is 19.4 Å². The van der Waals surface area contributed by atoms with E-state index in [9.17, 15) is 13.2 Å². The molecule has 1 aliphatic heterocycles. The normalized spacial score (nSPS) is 14.9. The molecule has 2 heterocycles. The highest BCUT2D eigenvalue weighted by Gasteiger charge is 2.26. The van der Waals surface area contributed by atoms with Gasteiger partial charge in [0.2, 0.25) is 10.0 Å². The summed E-state index contributed by atoms with van der Waals surface area (Å²) < 4.78 is 32.9. The van der Waals surface area contributed by atoms with E-state index in [1.165, 1.54) is 17.8 Å². The molecule has 9 nitrogen and oxygen atoms in total. The molecule has 1 saturated heterocycles. The van der Waals surface area contributed by atoms with Crippen LogP contribution in [-0.4, -0.2) is 88.0 Å². The fourth-order valence-corrected chi connectivity index (χ4v) is 6.56. The minimum atomic E-state index is -3.74. The Balaban J connectivity index is 1.55. The van der Waals surface area contributed by atoms with E-state index in [0.29, 0.717) is 22.6 Å². The van der Waals surface area contributed by atoms with E-state index in [0.717, 1.165) is 49.8 Å². The molecule has 0 amide bonds. The van der Waals surface area contributed by atoms with Gasteiger partial charge in [-0.3, -0.25) is 4.79 Å². The molecular formula is C28H43N5O4S. The van der Waals surface area contributed by atoms with E-state index < -0.39 is 10.0 Å². The van der Waals surface area contributed by atoms with Gasteiger partial charge in [0, 0.05) is 33.1 Å². The molecule has 0 N–H and O–H groups in total. The molecule has 1 aliphatic rings. The van der Waals surface area contributed by atoms with Crippen LogP contribution in [0.2, 0.25) is 0 Å². The number of piperidine rings is 1. The maximum atomic E-state index is 13.2. The van der Waals surface area contributed by atoms with Gasteiger partial charge in [0.15, 0.2) is 5.82 Å². The predicted octanol–water partition coefficient (Wildman–Crippen LogP) is 3.40. The van der Waals surface area contributed by atoms with Crippen LogP contribution in [0.3, 0.4) is 0 Å². The van der Waals surface area contributed by atoms with Gasteiger partial charge in [-0.05, 0) is 101 Å². The fourth-order valence-electron chi connectivity index (χ4n) is 4.99. The van der Waals surface area contributed by atoms with Crippen molar-refractivity contribution >= 4 is 21.6 Å². The third-order valence-electron chi connectivity index (χ3n) is 7.41. The number of nitrogens with zero attached hydrogens (tertiary/aromatic N) is 5. The van der Waals surface area contributed by atoms with Crippen LogP contribution in [0.1, 0.15) is 48.1 Å². The first-order valence-electron chi connectivity index (χ1n) is 13.3. The number of anilines is 1. The van der Waals surface area contributed by atoms with Crippen LogP contribution in [0.15, 0.2) is 23.1 Å². The molecule has 1 fully saturated rings. The summed E-state index contributed by atoms with van der Waals surface area (Å²) in [5, 5.41) is 8.79. The molecule has 3 rings (SSSR count). The molecule has 0 aliphatic carbocycles. The second kappa shape index (κ2) is 13.0. The topological polar surface area (TPSA) is 95.9 Å². The van der Waals surface area contributed by atoms with Crippen molar-refractivity contribution in [3.8, 4) is 5.75 Å². The standard InChI is InChI=1S/C28H43N5O4S/c1-20-18-27(33-14-9-23(10-15-33)8-12-31(4)5)30-29-26(20)19-24(34)11-13-32(6)38(35,36)28-21(2)16-25(37-7)17-22(28)3/h16-18,23H,8-15,19H2,1-7H3. The first kappa shape index (κ1) is 30.0. The second-order valence-electron chi connectivity index (χ2n) is 10.7. The predicted molar refractivity (Wildman–Crippen MR) is 150 cm³/mol. The summed E-state index contributed by atoms with van der Waals surface area (Å²) in [7, 11) is 3.55. The summed E-state index contributed by atoms with van der Waals surface area (Å²) >= 11 is 0. The molecule has 1 aromatic heterocycles. The molecule has 0 unspecified atom stereocenters. The number of Topliss-reactive ketones (excluding diaryl/α,β-unsaturated/α-hetero) is 1. The number of aryl methyl sites for hydroxylation is 3. The van der Waals surface area contributed by atoms with Gasteiger partial charge in [-0.15, -0.1) is 5.10 Å². The lowest BCUT2D eigenvalue weighted by atomic mass is 9.93. The van der Waals surface area contributed by atoms with Gasteiger partial charge < -0.3 is 14.5 Å². The van der Waals surface area contributed by atoms with Gasteiger partial charge in [-0.1, -0.05) is 0 Å². The molecule has 1 aromatic carbocycles. The maximum Gasteiger partial charge on any atom is 0.243 e. The number of rotatable bonds is 12. The maximum absolute atomic E-state index is 13.2. The van der Waals surface area contributed by atoms with Crippen molar-refractivity contribution in [3.63, 3.8) is 0 Å². The van der Waals surface area contributed by atoms with E-state index in [1.807, 2.05) is 13.0 Å². The number of carbonyl (C=O) groups is 1. The highest BCUT2D eigenvalue weighted by Crippen LogP contribution is 2.28. The lowest BCUT2D eigenvalue weighted by Crippen LogP contribution is -2.35. The van der Waals surface area contributed by atoms with Crippen molar-refractivity contribution in [2.24, 2.45) is 5.92 Å². The number of carbonyl (C=O) groups excluding carboxylic acids is 1. The number of aromatic nitrogens is 2. The molecule has 0 radical (unpaired) electrons. The molecule has 210 valence electrons. The van der Waals surface area contributed by atoms with Crippen molar-refractivity contribution in [1.29, 1.82) is 0 Å². The smallest absolute Gasteiger partial charge is 0.243 e. The monoisotopic (exact) mass is 545 g/mol. The second-order valence-corrected chi connectivity index (χ2v) is 12.7. The van der Waals surface area contributed by atoms with Crippen molar-refractivity contribution in [3.05, 3.63) is 40.6 Å². The minimum Gasteiger partial charge on any atom is -0.497 e. The minimum absolute atomic E-state index is 0.0675. The van der Waals surface area contributed by atoms with E-state index in [-0.39, 0.29) is 30.1 Å². The number of ether oxygens (including phenoxy) is 1.